The molecule has 0 spiro atoms. The molecule has 2 heterocycles. The van der Waals surface area contributed by atoms with E-state index in [0.29, 0.717) is 6.61 Å². The lowest BCUT2D eigenvalue weighted by Crippen LogP contribution is -2.42. The molecule has 4 heteroatoms. The van der Waals surface area contributed by atoms with Crippen molar-refractivity contribution >= 4 is 6.09 Å². The molecule has 21 heavy (non-hydrogen) atoms. The first-order valence-corrected chi connectivity index (χ1v) is 7.02. The highest BCUT2D eigenvalue weighted by Crippen LogP contribution is 2.40. The zero-order valence-electron chi connectivity index (χ0n) is 11.3. The summed E-state index contributed by atoms with van der Waals surface area (Å²) in [4.78, 5) is 13.8. The third-order valence-electron chi connectivity index (χ3n) is 4.25. The number of cyclic esters (lactones) is 1. The highest BCUT2D eigenvalue weighted by molar-refractivity contribution is 5.72. The van der Waals surface area contributed by atoms with Gasteiger partial charge in [0.25, 0.3) is 0 Å². The number of halogens is 1. The van der Waals surface area contributed by atoms with E-state index in [1.54, 1.807) is 11.0 Å². The lowest BCUT2D eigenvalue weighted by Gasteiger charge is -2.37. The molecule has 2 aliphatic heterocycles. The first-order valence-electron chi connectivity index (χ1n) is 7.02. The lowest BCUT2D eigenvalue weighted by molar-refractivity contribution is 0.148. The fourth-order valence-corrected chi connectivity index (χ4v) is 3.35. The minimum atomic E-state index is -0.316. The van der Waals surface area contributed by atoms with Gasteiger partial charge in [0.15, 0.2) is 0 Å². The van der Waals surface area contributed by atoms with Crippen molar-refractivity contribution in [2.45, 2.75) is 18.5 Å². The fraction of sp³-hybridized carbons (Fsp3) is 0.235. The van der Waals surface area contributed by atoms with Gasteiger partial charge in [-0.1, -0.05) is 36.4 Å². The molecular formula is C17H14FNO2. The molecule has 2 atom stereocenters. The molecule has 0 aliphatic carbocycles. The summed E-state index contributed by atoms with van der Waals surface area (Å²) in [7, 11) is 0. The van der Waals surface area contributed by atoms with Gasteiger partial charge in [0.1, 0.15) is 12.4 Å². The highest BCUT2D eigenvalue weighted by atomic mass is 19.1. The summed E-state index contributed by atoms with van der Waals surface area (Å²) < 4.78 is 18.8. The van der Waals surface area contributed by atoms with Crippen molar-refractivity contribution in [3.05, 3.63) is 71.0 Å². The topological polar surface area (TPSA) is 29.5 Å². The molecule has 0 bridgehead atoms. The number of hydrogen-bond donors (Lipinski definition) is 0. The molecule has 1 fully saturated rings. The first kappa shape index (κ1) is 12.4. The maximum absolute atomic E-state index is 13.6. The predicted molar refractivity (Wildman–Crippen MR) is 75.4 cm³/mol. The Balaban J connectivity index is 1.90. The molecule has 2 aliphatic rings. The second kappa shape index (κ2) is 4.58. The van der Waals surface area contributed by atoms with Crippen LogP contribution in [-0.4, -0.2) is 23.6 Å². The normalized spacial score (nSPS) is 23.5. The fourth-order valence-electron chi connectivity index (χ4n) is 3.35. The Morgan fingerprint density at radius 2 is 2.00 bits per heavy atom. The van der Waals surface area contributed by atoms with Crippen molar-refractivity contribution in [3.63, 3.8) is 0 Å². The second-order valence-electron chi connectivity index (χ2n) is 5.50. The number of fused-ring (bicyclic) bond motifs is 2. The minimum absolute atomic E-state index is 0.0284. The molecule has 0 saturated carbocycles. The van der Waals surface area contributed by atoms with Gasteiger partial charge in [0, 0.05) is 0 Å². The summed E-state index contributed by atoms with van der Waals surface area (Å²) in [5, 5.41) is 0. The Morgan fingerprint density at radius 3 is 2.86 bits per heavy atom. The van der Waals surface area contributed by atoms with Crippen molar-refractivity contribution in [3.8, 4) is 0 Å². The standard InChI is InChI=1S/C17H14FNO2/c18-13-6-3-5-12(8-13)16-15-7-2-1-4-11(15)9-14-10-21-17(20)19(14)16/h1-8,14,16H,9-10H2/t14-,16+/m0/s1. The van der Waals surface area contributed by atoms with Crippen LogP contribution < -0.4 is 0 Å². The van der Waals surface area contributed by atoms with Crippen LogP contribution in [0, 0.1) is 5.82 Å². The summed E-state index contributed by atoms with van der Waals surface area (Å²) in [6, 6.07) is 14.2. The van der Waals surface area contributed by atoms with Gasteiger partial charge in [-0.3, -0.25) is 4.90 Å². The van der Waals surface area contributed by atoms with Crippen molar-refractivity contribution in [2.75, 3.05) is 6.61 Å². The van der Waals surface area contributed by atoms with E-state index in [1.807, 2.05) is 24.3 Å². The summed E-state index contributed by atoms with van der Waals surface area (Å²) in [5.74, 6) is -0.292. The second-order valence-corrected chi connectivity index (χ2v) is 5.50. The van der Waals surface area contributed by atoms with Gasteiger partial charge in [0.2, 0.25) is 0 Å². The predicted octanol–water partition coefficient (Wildman–Crippen LogP) is 3.29. The first-order chi connectivity index (χ1) is 10.2. The average Bonchev–Trinajstić information content (AvgIpc) is 2.86. The van der Waals surface area contributed by atoms with E-state index in [-0.39, 0.29) is 24.0 Å². The van der Waals surface area contributed by atoms with Gasteiger partial charge in [-0.15, -0.1) is 0 Å². The quantitative estimate of drug-likeness (QED) is 0.803. The largest absolute Gasteiger partial charge is 0.447 e. The van der Waals surface area contributed by atoms with E-state index in [2.05, 4.69) is 6.07 Å². The molecule has 0 radical (unpaired) electrons. The molecule has 2 aromatic rings. The summed E-state index contributed by atoms with van der Waals surface area (Å²) >= 11 is 0. The number of nitrogens with zero attached hydrogens (tertiary/aromatic N) is 1. The van der Waals surface area contributed by atoms with Crippen LogP contribution in [0.4, 0.5) is 9.18 Å². The molecule has 106 valence electrons. The molecule has 3 nitrogen and oxygen atoms in total. The smallest absolute Gasteiger partial charge is 0.411 e. The van der Waals surface area contributed by atoms with Crippen LogP contribution in [0.25, 0.3) is 0 Å². The molecule has 0 aromatic heterocycles. The van der Waals surface area contributed by atoms with Gasteiger partial charge < -0.3 is 4.74 Å². The molecule has 1 amide bonds. The van der Waals surface area contributed by atoms with Crippen LogP contribution >= 0.6 is 0 Å². The van der Waals surface area contributed by atoms with Gasteiger partial charge in [-0.2, -0.15) is 0 Å². The number of amides is 1. The van der Waals surface area contributed by atoms with E-state index in [9.17, 15) is 9.18 Å². The van der Waals surface area contributed by atoms with Crippen LogP contribution in [0.3, 0.4) is 0 Å². The molecule has 0 unspecified atom stereocenters. The number of carbonyl (C=O) groups excluding carboxylic acids is 1. The van der Waals surface area contributed by atoms with Crippen molar-refractivity contribution < 1.29 is 13.9 Å². The van der Waals surface area contributed by atoms with Crippen LogP contribution in [-0.2, 0) is 11.2 Å². The lowest BCUT2D eigenvalue weighted by atomic mass is 9.85. The Hall–Kier alpha value is -2.36. The van der Waals surface area contributed by atoms with Gasteiger partial charge >= 0.3 is 6.09 Å². The maximum Gasteiger partial charge on any atom is 0.411 e. The van der Waals surface area contributed by atoms with E-state index in [4.69, 9.17) is 4.74 Å². The number of hydrogen-bond acceptors (Lipinski definition) is 2. The highest BCUT2D eigenvalue weighted by Gasteiger charge is 2.43. The zero-order valence-corrected chi connectivity index (χ0v) is 11.3. The van der Waals surface area contributed by atoms with Crippen LogP contribution in [0.5, 0.6) is 0 Å². The van der Waals surface area contributed by atoms with Gasteiger partial charge in [0.05, 0.1) is 12.1 Å². The number of ether oxygens (including phenoxy) is 1. The van der Waals surface area contributed by atoms with Crippen LogP contribution in [0.2, 0.25) is 0 Å². The van der Waals surface area contributed by atoms with Crippen molar-refractivity contribution in [2.24, 2.45) is 0 Å². The molecular weight excluding hydrogens is 269 g/mol. The van der Waals surface area contributed by atoms with E-state index in [1.165, 1.54) is 17.7 Å². The van der Waals surface area contributed by atoms with Crippen molar-refractivity contribution in [1.29, 1.82) is 0 Å². The summed E-state index contributed by atoms with van der Waals surface area (Å²) in [6.07, 6.45) is 0.469. The summed E-state index contributed by atoms with van der Waals surface area (Å²) in [5.41, 5.74) is 3.04. The Morgan fingerprint density at radius 1 is 1.14 bits per heavy atom. The molecule has 4 rings (SSSR count). The third-order valence-corrected chi connectivity index (χ3v) is 4.25. The molecule has 1 saturated heterocycles. The monoisotopic (exact) mass is 283 g/mol. The molecule has 0 N–H and O–H groups in total. The van der Waals surface area contributed by atoms with Crippen LogP contribution in [0.15, 0.2) is 48.5 Å². The number of rotatable bonds is 1. The minimum Gasteiger partial charge on any atom is -0.447 e. The average molecular weight is 283 g/mol. The van der Waals surface area contributed by atoms with Crippen LogP contribution in [0.1, 0.15) is 22.7 Å². The van der Waals surface area contributed by atoms with E-state index < -0.39 is 0 Å². The SMILES string of the molecule is O=C1OC[C@@H]2Cc3ccccc3[C@@H](c3cccc(F)c3)N12. The summed E-state index contributed by atoms with van der Waals surface area (Å²) in [6.45, 7) is 0.402. The number of benzene rings is 2. The zero-order chi connectivity index (χ0) is 14.4. The van der Waals surface area contributed by atoms with Gasteiger partial charge in [-0.05, 0) is 35.2 Å². The third kappa shape index (κ3) is 1.90. The Bertz CT molecular complexity index is 715. The van der Waals surface area contributed by atoms with Crippen molar-refractivity contribution in [1.82, 2.24) is 4.90 Å². The maximum atomic E-state index is 13.6. The van der Waals surface area contributed by atoms with E-state index >= 15 is 0 Å². The van der Waals surface area contributed by atoms with Gasteiger partial charge in [-0.25, -0.2) is 9.18 Å². The molecule has 2 aromatic carbocycles. The Labute approximate surface area is 122 Å². The Kier molecular flexibility index (Phi) is 2.70. The van der Waals surface area contributed by atoms with E-state index in [0.717, 1.165) is 17.5 Å². The number of carbonyl (C=O) groups is 1.